The van der Waals surface area contributed by atoms with Gasteiger partial charge in [0.2, 0.25) is 0 Å². The Bertz CT molecular complexity index is 853. The molecule has 3 rings (SSSR count). The Morgan fingerprint density at radius 2 is 1.96 bits per heavy atom. The smallest absolute Gasteiger partial charge is 0.287 e. The molecule has 0 saturated heterocycles. The number of thiophene rings is 1. The fourth-order valence-electron chi connectivity index (χ4n) is 2.24. The average Bonchev–Trinajstić information content (AvgIpc) is 3.26. The Morgan fingerprint density at radius 1 is 1.21 bits per heavy atom. The monoisotopic (exact) mass is 342 g/mol. The lowest BCUT2D eigenvalue weighted by molar-refractivity contribution is -0.384. The topological polar surface area (TPSA) is 85.4 Å². The van der Waals surface area contributed by atoms with Gasteiger partial charge in [-0.3, -0.25) is 14.9 Å². The molecular formula is C17H14N2O4S. The molecule has 0 saturated carbocycles. The molecule has 0 aliphatic carbocycles. The zero-order chi connectivity index (χ0) is 17.1. The predicted molar refractivity (Wildman–Crippen MR) is 91.0 cm³/mol. The Morgan fingerprint density at radius 3 is 2.58 bits per heavy atom. The molecule has 2 heterocycles. The van der Waals surface area contributed by atoms with Crippen molar-refractivity contribution in [1.82, 2.24) is 5.32 Å². The molecule has 2 aromatic heterocycles. The van der Waals surface area contributed by atoms with Gasteiger partial charge in [0.05, 0.1) is 11.0 Å². The number of rotatable bonds is 5. The summed E-state index contributed by atoms with van der Waals surface area (Å²) in [6.45, 7) is 1.91. The summed E-state index contributed by atoms with van der Waals surface area (Å²) in [7, 11) is 0. The summed E-state index contributed by atoms with van der Waals surface area (Å²) in [4.78, 5) is 23.5. The molecular weight excluding hydrogens is 328 g/mol. The maximum atomic E-state index is 12.2. The fraction of sp³-hybridized carbons (Fsp3) is 0.118. The van der Waals surface area contributed by atoms with E-state index in [0.717, 1.165) is 4.88 Å². The summed E-state index contributed by atoms with van der Waals surface area (Å²) in [6.07, 6.45) is 0. The van der Waals surface area contributed by atoms with Gasteiger partial charge in [0.25, 0.3) is 11.6 Å². The molecule has 3 aromatic rings. The number of carbonyl (C=O) groups is 1. The average molecular weight is 342 g/mol. The van der Waals surface area contributed by atoms with Crippen LogP contribution in [0.1, 0.15) is 28.4 Å². The minimum Gasteiger partial charge on any atom is -0.451 e. The van der Waals surface area contributed by atoms with Crippen LogP contribution in [0.2, 0.25) is 0 Å². The second-order valence-electron chi connectivity index (χ2n) is 5.18. The quantitative estimate of drug-likeness (QED) is 0.550. The molecule has 1 unspecified atom stereocenters. The van der Waals surface area contributed by atoms with E-state index in [1.807, 2.05) is 24.4 Å². The van der Waals surface area contributed by atoms with Crippen LogP contribution in [-0.4, -0.2) is 10.8 Å². The van der Waals surface area contributed by atoms with Gasteiger partial charge in [-0.2, -0.15) is 0 Å². The lowest BCUT2D eigenvalue weighted by atomic mass is 10.1. The van der Waals surface area contributed by atoms with E-state index in [0.29, 0.717) is 11.3 Å². The first kappa shape index (κ1) is 15.9. The Hall–Kier alpha value is -2.93. The van der Waals surface area contributed by atoms with Gasteiger partial charge in [0, 0.05) is 22.6 Å². The SMILES string of the molecule is CC(NC(=O)c1ccc(-c2ccc([N+](=O)[O-])cc2)o1)c1cccs1. The van der Waals surface area contributed by atoms with Crippen molar-refractivity contribution in [2.45, 2.75) is 13.0 Å². The Labute approximate surface area is 141 Å². The second kappa shape index (κ2) is 6.67. The van der Waals surface area contributed by atoms with Crippen molar-refractivity contribution in [2.24, 2.45) is 0 Å². The van der Waals surface area contributed by atoms with Gasteiger partial charge in [-0.1, -0.05) is 6.07 Å². The maximum Gasteiger partial charge on any atom is 0.287 e. The first-order chi connectivity index (χ1) is 11.5. The third-order valence-electron chi connectivity index (χ3n) is 3.51. The van der Waals surface area contributed by atoms with Gasteiger partial charge in [0.1, 0.15) is 5.76 Å². The van der Waals surface area contributed by atoms with Crippen molar-refractivity contribution in [1.29, 1.82) is 0 Å². The Balaban J connectivity index is 1.72. The van der Waals surface area contributed by atoms with Crippen molar-refractivity contribution in [2.75, 3.05) is 0 Å². The summed E-state index contributed by atoms with van der Waals surface area (Å²) >= 11 is 1.57. The van der Waals surface area contributed by atoms with Crippen LogP contribution in [0.25, 0.3) is 11.3 Å². The van der Waals surface area contributed by atoms with Crippen molar-refractivity contribution in [3.63, 3.8) is 0 Å². The van der Waals surface area contributed by atoms with Gasteiger partial charge >= 0.3 is 0 Å². The van der Waals surface area contributed by atoms with Crippen LogP contribution in [0.5, 0.6) is 0 Å². The minimum atomic E-state index is -0.462. The number of furan rings is 1. The fourth-order valence-corrected chi connectivity index (χ4v) is 2.97. The van der Waals surface area contributed by atoms with Crippen LogP contribution in [-0.2, 0) is 0 Å². The van der Waals surface area contributed by atoms with Crippen LogP contribution < -0.4 is 5.32 Å². The first-order valence-electron chi connectivity index (χ1n) is 7.23. The molecule has 1 atom stereocenters. The molecule has 0 spiro atoms. The number of nitrogens with zero attached hydrogens (tertiary/aromatic N) is 1. The molecule has 0 aliphatic heterocycles. The van der Waals surface area contributed by atoms with E-state index in [2.05, 4.69) is 5.32 Å². The molecule has 6 nitrogen and oxygen atoms in total. The number of nitro benzene ring substituents is 1. The number of carbonyl (C=O) groups excluding carboxylic acids is 1. The molecule has 1 N–H and O–H groups in total. The standard InChI is InChI=1S/C17H14N2O4S/c1-11(16-3-2-10-24-16)18-17(20)15-9-8-14(23-15)12-4-6-13(7-5-12)19(21)22/h2-11H,1H3,(H,18,20). The van der Waals surface area contributed by atoms with Crippen LogP contribution in [0.4, 0.5) is 5.69 Å². The highest BCUT2D eigenvalue weighted by Crippen LogP contribution is 2.25. The lowest BCUT2D eigenvalue weighted by Crippen LogP contribution is -2.25. The van der Waals surface area contributed by atoms with E-state index in [-0.39, 0.29) is 23.4 Å². The molecule has 122 valence electrons. The summed E-state index contributed by atoms with van der Waals surface area (Å²) < 4.78 is 5.57. The lowest BCUT2D eigenvalue weighted by Gasteiger charge is -2.10. The molecule has 0 radical (unpaired) electrons. The number of nitro groups is 1. The number of non-ortho nitro benzene ring substituents is 1. The number of amides is 1. The van der Waals surface area contributed by atoms with E-state index in [1.54, 1.807) is 35.6 Å². The van der Waals surface area contributed by atoms with Gasteiger partial charge in [-0.25, -0.2) is 0 Å². The molecule has 24 heavy (non-hydrogen) atoms. The highest BCUT2D eigenvalue weighted by atomic mass is 32.1. The minimum absolute atomic E-state index is 0.00745. The van der Waals surface area contributed by atoms with E-state index < -0.39 is 4.92 Å². The molecule has 1 amide bonds. The highest BCUT2D eigenvalue weighted by Gasteiger charge is 2.16. The van der Waals surface area contributed by atoms with Crippen LogP contribution in [0.15, 0.2) is 58.3 Å². The van der Waals surface area contributed by atoms with Crippen molar-refractivity contribution in [3.05, 3.63) is 74.7 Å². The largest absolute Gasteiger partial charge is 0.451 e. The van der Waals surface area contributed by atoms with Crippen molar-refractivity contribution < 1.29 is 14.1 Å². The van der Waals surface area contributed by atoms with Crippen LogP contribution in [0.3, 0.4) is 0 Å². The van der Waals surface area contributed by atoms with Gasteiger partial charge in [-0.15, -0.1) is 11.3 Å². The van der Waals surface area contributed by atoms with Crippen molar-refractivity contribution >= 4 is 22.9 Å². The molecule has 0 bridgehead atoms. The third kappa shape index (κ3) is 3.36. The molecule has 0 aliphatic rings. The number of nitrogens with one attached hydrogen (secondary N) is 1. The summed E-state index contributed by atoms with van der Waals surface area (Å²) in [6, 6.07) is 13.0. The van der Waals surface area contributed by atoms with Crippen molar-refractivity contribution in [3.8, 4) is 11.3 Å². The summed E-state index contributed by atoms with van der Waals surface area (Å²) in [5.41, 5.74) is 0.680. The normalized spacial score (nSPS) is 11.9. The first-order valence-corrected chi connectivity index (χ1v) is 8.11. The van der Waals surface area contributed by atoms with E-state index >= 15 is 0 Å². The predicted octanol–water partition coefficient (Wildman–Crippen LogP) is 4.41. The van der Waals surface area contributed by atoms with E-state index in [9.17, 15) is 14.9 Å². The zero-order valence-corrected chi connectivity index (χ0v) is 13.6. The van der Waals surface area contributed by atoms with E-state index in [1.165, 1.54) is 12.1 Å². The van der Waals surface area contributed by atoms with Crippen LogP contribution >= 0.6 is 11.3 Å². The highest BCUT2D eigenvalue weighted by molar-refractivity contribution is 7.10. The molecule has 7 heteroatoms. The van der Waals surface area contributed by atoms with Gasteiger partial charge in [-0.05, 0) is 42.6 Å². The number of benzene rings is 1. The maximum absolute atomic E-state index is 12.2. The Kier molecular flexibility index (Phi) is 4.43. The van der Waals surface area contributed by atoms with Gasteiger partial charge < -0.3 is 9.73 Å². The summed E-state index contributed by atoms with van der Waals surface area (Å²) in [5, 5.41) is 15.5. The second-order valence-corrected chi connectivity index (χ2v) is 6.16. The third-order valence-corrected chi connectivity index (χ3v) is 4.57. The number of hydrogen-bond donors (Lipinski definition) is 1. The number of hydrogen-bond acceptors (Lipinski definition) is 5. The van der Waals surface area contributed by atoms with E-state index in [4.69, 9.17) is 4.42 Å². The van der Waals surface area contributed by atoms with Gasteiger partial charge in [0.15, 0.2) is 5.76 Å². The summed E-state index contributed by atoms with van der Waals surface area (Å²) in [5.74, 6) is 0.384. The van der Waals surface area contributed by atoms with Crippen LogP contribution in [0, 0.1) is 10.1 Å². The molecule has 1 aromatic carbocycles. The molecule has 0 fully saturated rings. The zero-order valence-electron chi connectivity index (χ0n) is 12.8.